The molecule has 1 nitrogen and oxygen atoms in total. The Kier molecular flexibility index (Phi) is 4.23. The highest BCUT2D eigenvalue weighted by Gasteiger charge is 2.32. The molecule has 0 radical (unpaired) electrons. The second kappa shape index (κ2) is 5.75. The van der Waals surface area contributed by atoms with Crippen molar-refractivity contribution >= 4 is 17.3 Å². The van der Waals surface area contributed by atoms with Gasteiger partial charge in [0, 0.05) is 17.3 Å². The highest BCUT2D eigenvalue weighted by molar-refractivity contribution is 6.31. The molecule has 0 heterocycles. The van der Waals surface area contributed by atoms with Gasteiger partial charge in [0.1, 0.15) is 0 Å². The first kappa shape index (κ1) is 14.7. The minimum Gasteiger partial charge on any atom is -0.381 e. The van der Waals surface area contributed by atoms with Gasteiger partial charge in [0.05, 0.1) is 5.56 Å². The largest absolute Gasteiger partial charge is 0.416 e. The Bertz CT molecular complexity index is 608. The number of halogens is 4. The van der Waals surface area contributed by atoms with Crippen LogP contribution in [0, 0.1) is 6.92 Å². The lowest BCUT2D eigenvalue weighted by Gasteiger charge is -2.13. The van der Waals surface area contributed by atoms with Crippen LogP contribution >= 0.6 is 11.6 Å². The van der Waals surface area contributed by atoms with Crippen molar-refractivity contribution in [1.29, 1.82) is 0 Å². The lowest BCUT2D eigenvalue weighted by Crippen LogP contribution is -2.09. The van der Waals surface area contributed by atoms with E-state index in [2.05, 4.69) is 5.32 Å². The van der Waals surface area contributed by atoms with E-state index in [1.807, 2.05) is 12.1 Å². The topological polar surface area (TPSA) is 12.0 Å². The van der Waals surface area contributed by atoms with E-state index in [0.717, 1.165) is 11.6 Å². The van der Waals surface area contributed by atoms with Gasteiger partial charge in [-0.1, -0.05) is 35.9 Å². The Labute approximate surface area is 120 Å². The van der Waals surface area contributed by atoms with Crippen molar-refractivity contribution < 1.29 is 13.2 Å². The molecular formula is C15H13ClF3N. The van der Waals surface area contributed by atoms with E-state index in [4.69, 9.17) is 11.6 Å². The van der Waals surface area contributed by atoms with Crippen LogP contribution in [-0.4, -0.2) is 0 Å². The Morgan fingerprint density at radius 3 is 2.45 bits per heavy atom. The van der Waals surface area contributed by atoms with Gasteiger partial charge in [-0.05, 0) is 36.2 Å². The van der Waals surface area contributed by atoms with Crippen molar-refractivity contribution in [2.45, 2.75) is 19.6 Å². The molecule has 20 heavy (non-hydrogen) atoms. The molecule has 106 valence electrons. The van der Waals surface area contributed by atoms with Crippen LogP contribution in [0.5, 0.6) is 0 Å². The number of anilines is 1. The van der Waals surface area contributed by atoms with Crippen LogP contribution in [-0.2, 0) is 12.7 Å². The number of rotatable bonds is 3. The third-order valence-corrected chi connectivity index (χ3v) is 3.35. The predicted octanol–water partition coefficient (Wildman–Crippen LogP) is 5.28. The van der Waals surface area contributed by atoms with E-state index in [9.17, 15) is 13.2 Å². The summed E-state index contributed by atoms with van der Waals surface area (Å²) in [5.41, 5.74) is 0.841. The molecular weight excluding hydrogens is 287 g/mol. The van der Waals surface area contributed by atoms with E-state index in [-0.39, 0.29) is 5.56 Å². The maximum Gasteiger partial charge on any atom is 0.416 e. The highest BCUT2D eigenvalue weighted by atomic mass is 35.5. The fourth-order valence-corrected chi connectivity index (χ4v) is 2.08. The molecule has 2 aromatic rings. The number of nitrogens with one attached hydrogen (secondary N) is 1. The van der Waals surface area contributed by atoms with Gasteiger partial charge in [-0.3, -0.25) is 0 Å². The summed E-state index contributed by atoms with van der Waals surface area (Å²) in [4.78, 5) is 0. The van der Waals surface area contributed by atoms with Gasteiger partial charge in [-0.2, -0.15) is 13.2 Å². The Balaban J connectivity index is 2.17. The summed E-state index contributed by atoms with van der Waals surface area (Å²) >= 11 is 6.00. The summed E-state index contributed by atoms with van der Waals surface area (Å²) in [6.45, 7) is 1.82. The van der Waals surface area contributed by atoms with Crippen LogP contribution in [0.25, 0.3) is 0 Å². The van der Waals surface area contributed by atoms with Gasteiger partial charge in [0.25, 0.3) is 0 Å². The van der Waals surface area contributed by atoms with E-state index in [0.29, 0.717) is 17.3 Å². The third kappa shape index (κ3) is 3.45. The first-order chi connectivity index (χ1) is 9.38. The van der Waals surface area contributed by atoms with Gasteiger partial charge in [-0.15, -0.1) is 0 Å². The van der Waals surface area contributed by atoms with Crippen LogP contribution in [0.3, 0.4) is 0 Å². The Hall–Kier alpha value is -1.68. The molecule has 0 spiro atoms. The number of hydrogen-bond donors (Lipinski definition) is 1. The Morgan fingerprint density at radius 2 is 1.80 bits per heavy atom. The predicted molar refractivity (Wildman–Crippen MR) is 75.0 cm³/mol. The summed E-state index contributed by atoms with van der Waals surface area (Å²) < 4.78 is 38.4. The van der Waals surface area contributed by atoms with Gasteiger partial charge in [0.15, 0.2) is 0 Å². The standard InChI is InChI=1S/C15H13ClF3N/c1-10-6-7-12(8-13(10)15(17,18)19)20-9-11-4-2-3-5-14(11)16/h2-8,20H,9H2,1H3. The molecule has 0 aliphatic carbocycles. The summed E-state index contributed by atoms with van der Waals surface area (Å²) in [6, 6.07) is 11.4. The third-order valence-electron chi connectivity index (χ3n) is 2.98. The molecule has 0 saturated heterocycles. The first-order valence-electron chi connectivity index (χ1n) is 6.03. The molecule has 0 aliphatic rings. The van der Waals surface area contributed by atoms with Crippen LogP contribution in [0.15, 0.2) is 42.5 Å². The zero-order valence-corrected chi connectivity index (χ0v) is 11.5. The minimum atomic E-state index is -4.34. The van der Waals surface area contributed by atoms with Crippen LogP contribution in [0.4, 0.5) is 18.9 Å². The summed E-state index contributed by atoms with van der Waals surface area (Å²) in [6.07, 6.45) is -4.34. The van der Waals surface area contributed by atoms with Crippen molar-refractivity contribution in [3.63, 3.8) is 0 Å². The van der Waals surface area contributed by atoms with Crippen molar-refractivity contribution in [1.82, 2.24) is 0 Å². The van der Waals surface area contributed by atoms with Crippen molar-refractivity contribution in [2.24, 2.45) is 0 Å². The van der Waals surface area contributed by atoms with E-state index in [1.165, 1.54) is 13.0 Å². The molecule has 0 atom stereocenters. The van der Waals surface area contributed by atoms with E-state index >= 15 is 0 Å². The van der Waals surface area contributed by atoms with E-state index in [1.54, 1.807) is 18.2 Å². The summed E-state index contributed by atoms with van der Waals surface area (Å²) in [5, 5.41) is 3.54. The fourth-order valence-electron chi connectivity index (χ4n) is 1.88. The number of aryl methyl sites for hydroxylation is 1. The molecule has 5 heteroatoms. The van der Waals surface area contributed by atoms with Gasteiger partial charge in [0.2, 0.25) is 0 Å². The van der Waals surface area contributed by atoms with Gasteiger partial charge < -0.3 is 5.32 Å². The van der Waals surface area contributed by atoms with Crippen molar-refractivity contribution in [3.8, 4) is 0 Å². The van der Waals surface area contributed by atoms with Crippen molar-refractivity contribution in [3.05, 3.63) is 64.2 Å². The molecule has 0 fully saturated rings. The SMILES string of the molecule is Cc1ccc(NCc2ccccc2Cl)cc1C(F)(F)F. The summed E-state index contributed by atoms with van der Waals surface area (Å²) in [5.74, 6) is 0. The highest BCUT2D eigenvalue weighted by Crippen LogP contribution is 2.33. The average molecular weight is 300 g/mol. The molecule has 0 bridgehead atoms. The number of alkyl halides is 3. The molecule has 0 amide bonds. The molecule has 1 N–H and O–H groups in total. The van der Waals surface area contributed by atoms with Crippen LogP contribution < -0.4 is 5.32 Å². The maximum absolute atomic E-state index is 12.8. The normalized spacial score (nSPS) is 11.4. The smallest absolute Gasteiger partial charge is 0.381 e. The molecule has 0 aromatic heterocycles. The van der Waals surface area contributed by atoms with Gasteiger partial charge >= 0.3 is 6.18 Å². The Morgan fingerprint density at radius 1 is 1.10 bits per heavy atom. The first-order valence-corrected chi connectivity index (χ1v) is 6.41. The number of benzene rings is 2. The minimum absolute atomic E-state index is 0.209. The van der Waals surface area contributed by atoms with Crippen LogP contribution in [0.1, 0.15) is 16.7 Å². The molecule has 0 aliphatic heterocycles. The van der Waals surface area contributed by atoms with E-state index < -0.39 is 11.7 Å². The lowest BCUT2D eigenvalue weighted by atomic mass is 10.1. The number of hydrogen-bond acceptors (Lipinski definition) is 1. The quantitative estimate of drug-likeness (QED) is 0.813. The monoisotopic (exact) mass is 299 g/mol. The maximum atomic E-state index is 12.8. The van der Waals surface area contributed by atoms with Crippen LogP contribution in [0.2, 0.25) is 5.02 Å². The second-order valence-electron chi connectivity index (χ2n) is 4.47. The zero-order valence-electron chi connectivity index (χ0n) is 10.8. The second-order valence-corrected chi connectivity index (χ2v) is 4.88. The zero-order chi connectivity index (χ0) is 14.8. The summed E-state index contributed by atoms with van der Waals surface area (Å²) in [7, 11) is 0. The molecule has 0 unspecified atom stereocenters. The molecule has 2 rings (SSSR count). The average Bonchev–Trinajstić information content (AvgIpc) is 2.38. The lowest BCUT2D eigenvalue weighted by molar-refractivity contribution is -0.138. The van der Waals surface area contributed by atoms with Gasteiger partial charge in [-0.25, -0.2) is 0 Å². The fraction of sp³-hybridized carbons (Fsp3) is 0.200. The molecule has 0 saturated carbocycles. The van der Waals surface area contributed by atoms with Crippen molar-refractivity contribution in [2.75, 3.05) is 5.32 Å². The molecule has 2 aromatic carbocycles.